The molecule has 0 spiro atoms. The van der Waals surface area contributed by atoms with E-state index >= 15 is 0 Å². The van der Waals surface area contributed by atoms with Crippen LogP contribution in [0.2, 0.25) is 0 Å². The molecule has 0 aliphatic carbocycles. The van der Waals surface area contributed by atoms with Crippen LogP contribution in [0.15, 0.2) is 42.7 Å². The number of rotatable bonds is 7. The van der Waals surface area contributed by atoms with Crippen molar-refractivity contribution < 1.29 is 8.42 Å². The molecule has 0 unspecified atom stereocenters. The van der Waals surface area contributed by atoms with Gasteiger partial charge in [-0.05, 0) is 18.5 Å². The van der Waals surface area contributed by atoms with Crippen LogP contribution in [0.4, 0.5) is 0 Å². The minimum absolute atomic E-state index is 0.0352. The molecule has 3 heterocycles. The first-order valence-electron chi connectivity index (χ1n) is 9.02. The van der Waals surface area contributed by atoms with Crippen molar-refractivity contribution in [3.8, 4) is 0 Å². The van der Waals surface area contributed by atoms with E-state index in [1.54, 1.807) is 29.2 Å². The fraction of sp³-hybridized carbons (Fsp3) is 0.389. The van der Waals surface area contributed by atoms with Gasteiger partial charge in [-0.15, -0.1) is 0 Å². The van der Waals surface area contributed by atoms with E-state index in [9.17, 15) is 8.42 Å². The highest BCUT2D eigenvalue weighted by Crippen LogP contribution is 2.26. The third kappa shape index (κ3) is 4.15. The van der Waals surface area contributed by atoms with Crippen LogP contribution in [0.5, 0.6) is 0 Å². The second-order valence-corrected chi connectivity index (χ2v) is 8.47. The second kappa shape index (κ2) is 7.71. The maximum absolute atomic E-state index is 12.3. The van der Waals surface area contributed by atoms with Gasteiger partial charge >= 0.3 is 0 Å². The summed E-state index contributed by atoms with van der Waals surface area (Å²) in [5.41, 5.74) is 3.20. The van der Waals surface area contributed by atoms with Gasteiger partial charge in [0.05, 0.1) is 18.0 Å². The highest BCUT2D eigenvalue weighted by Gasteiger charge is 2.24. The zero-order valence-corrected chi connectivity index (χ0v) is 15.7. The van der Waals surface area contributed by atoms with Gasteiger partial charge in [-0.25, -0.2) is 27.8 Å². The zero-order chi connectivity index (χ0) is 18.7. The van der Waals surface area contributed by atoms with Crippen molar-refractivity contribution in [2.24, 2.45) is 0 Å². The second-order valence-electron chi connectivity index (χ2n) is 6.67. The number of benzene rings is 1. The van der Waals surface area contributed by atoms with E-state index in [1.165, 1.54) is 0 Å². The van der Waals surface area contributed by atoms with E-state index in [-0.39, 0.29) is 12.3 Å². The number of hydrogen-bond acceptors (Lipinski definition) is 6. The summed E-state index contributed by atoms with van der Waals surface area (Å²) in [5, 5.41) is 8.03. The van der Waals surface area contributed by atoms with Gasteiger partial charge in [0.15, 0.2) is 5.65 Å². The van der Waals surface area contributed by atoms with Crippen molar-refractivity contribution >= 4 is 21.2 Å². The Balaban J connectivity index is 1.46. The molecular formula is C18H22N6O2S. The topological polar surface area (TPSA) is 102 Å². The quantitative estimate of drug-likeness (QED) is 0.629. The molecule has 1 fully saturated rings. The van der Waals surface area contributed by atoms with Crippen molar-refractivity contribution in [2.75, 3.05) is 19.6 Å². The normalized spacial score (nSPS) is 17.6. The number of nitrogens with one attached hydrogen (secondary N) is 2. The smallest absolute Gasteiger partial charge is 0.215 e. The fourth-order valence-corrected chi connectivity index (χ4v) is 4.53. The largest absolute Gasteiger partial charge is 0.316 e. The molecule has 9 heteroatoms. The summed E-state index contributed by atoms with van der Waals surface area (Å²) < 4.78 is 29.0. The summed E-state index contributed by atoms with van der Waals surface area (Å²) in [6.07, 6.45) is 4.33. The first-order valence-corrected chi connectivity index (χ1v) is 10.7. The Labute approximate surface area is 158 Å². The Morgan fingerprint density at radius 1 is 1.19 bits per heavy atom. The molecule has 0 bridgehead atoms. The fourth-order valence-electron chi connectivity index (χ4n) is 3.40. The van der Waals surface area contributed by atoms with E-state index in [2.05, 4.69) is 20.0 Å². The summed E-state index contributed by atoms with van der Waals surface area (Å²) in [5.74, 6) is 0.284. The summed E-state index contributed by atoms with van der Waals surface area (Å²) in [6, 6.07) is 9.14. The SMILES string of the molecule is O=S(=O)(Cc1ccccc1)NCCn1nc([C@@H]2CCNC2)c2nccnc21. The van der Waals surface area contributed by atoms with E-state index < -0.39 is 10.0 Å². The van der Waals surface area contributed by atoms with E-state index in [0.29, 0.717) is 18.1 Å². The van der Waals surface area contributed by atoms with Crippen LogP contribution < -0.4 is 10.0 Å². The van der Waals surface area contributed by atoms with Gasteiger partial charge in [-0.2, -0.15) is 5.10 Å². The lowest BCUT2D eigenvalue weighted by atomic mass is 10.0. The summed E-state index contributed by atoms with van der Waals surface area (Å²) >= 11 is 0. The van der Waals surface area contributed by atoms with Crippen LogP contribution in [-0.4, -0.2) is 47.8 Å². The molecule has 0 saturated carbocycles. The number of aromatic nitrogens is 4. The van der Waals surface area contributed by atoms with Crippen LogP contribution in [0.25, 0.3) is 11.2 Å². The molecule has 1 aliphatic rings. The van der Waals surface area contributed by atoms with Gasteiger partial charge in [0, 0.05) is 31.4 Å². The van der Waals surface area contributed by atoms with Gasteiger partial charge in [0.25, 0.3) is 0 Å². The van der Waals surface area contributed by atoms with Crippen LogP contribution >= 0.6 is 0 Å². The molecule has 0 amide bonds. The van der Waals surface area contributed by atoms with E-state index in [4.69, 9.17) is 5.10 Å². The van der Waals surface area contributed by atoms with Crippen molar-refractivity contribution in [3.05, 3.63) is 54.0 Å². The Morgan fingerprint density at radius 3 is 2.78 bits per heavy atom. The lowest BCUT2D eigenvalue weighted by Crippen LogP contribution is -2.29. The highest BCUT2D eigenvalue weighted by atomic mass is 32.2. The molecule has 1 atom stereocenters. The molecule has 4 rings (SSSR count). The van der Waals surface area contributed by atoms with E-state index in [0.717, 1.165) is 36.3 Å². The van der Waals surface area contributed by atoms with E-state index in [1.807, 2.05) is 18.2 Å². The van der Waals surface area contributed by atoms with Crippen molar-refractivity contribution in [1.29, 1.82) is 0 Å². The molecule has 3 aromatic rings. The lowest BCUT2D eigenvalue weighted by Gasteiger charge is -2.07. The first-order chi connectivity index (χ1) is 13.1. The van der Waals surface area contributed by atoms with Crippen molar-refractivity contribution in [1.82, 2.24) is 29.8 Å². The zero-order valence-electron chi connectivity index (χ0n) is 14.9. The van der Waals surface area contributed by atoms with Gasteiger partial charge in [-0.1, -0.05) is 30.3 Å². The molecule has 2 aromatic heterocycles. The van der Waals surface area contributed by atoms with Crippen LogP contribution in [-0.2, 0) is 22.3 Å². The molecule has 1 aliphatic heterocycles. The standard InChI is InChI=1S/C18H22N6O2S/c25-27(26,13-14-4-2-1-3-5-14)22-10-11-24-18-17(20-8-9-21-18)16(23-24)15-6-7-19-12-15/h1-5,8-9,15,19,22H,6-7,10-13H2/t15-/m1/s1. The molecule has 0 radical (unpaired) electrons. The maximum Gasteiger partial charge on any atom is 0.215 e. The summed E-state index contributed by atoms with van der Waals surface area (Å²) in [4.78, 5) is 8.84. The molecule has 142 valence electrons. The molecule has 8 nitrogen and oxygen atoms in total. The maximum atomic E-state index is 12.3. The Hall–Kier alpha value is -2.36. The highest BCUT2D eigenvalue weighted by molar-refractivity contribution is 7.88. The minimum Gasteiger partial charge on any atom is -0.316 e. The predicted molar refractivity (Wildman–Crippen MR) is 103 cm³/mol. The number of nitrogens with zero attached hydrogens (tertiary/aromatic N) is 4. The molecule has 2 N–H and O–H groups in total. The third-order valence-electron chi connectivity index (χ3n) is 4.69. The summed E-state index contributed by atoms with van der Waals surface area (Å²) in [7, 11) is -3.40. The molecule has 27 heavy (non-hydrogen) atoms. The van der Waals surface area contributed by atoms with Gasteiger partial charge in [0.1, 0.15) is 5.52 Å². The number of sulfonamides is 1. The molecule has 1 saturated heterocycles. The number of fused-ring (bicyclic) bond motifs is 1. The Bertz CT molecular complexity index is 1010. The lowest BCUT2D eigenvalue weighted by molar-refractivity contribution is 0.559. The Morgan fingerprint density at radius 2 is 2.00 bits per heavy atom. The average molecular weight is 386 g/mol. The molecular weight excluding hydrogens is 364 g/mol. The van der Waals surface area contributed by atoms with Gasteiger partial charge in [0.2, 0.25) is 10.0 Å². The van der Waals surface area contributed by atoms with Crippen molar-refractivity contribution in [3.63, 3.8) is 0 Å². The van der Waals surface area contributed by atoms with Crippen LogP contribution in [0, 0.1) is 0 Å². The first kappa shape index (κ1) is 18.0. The number of hydrogen-bond donors (Lipinski definition) is 2. The average Bonchev–Trinajstić information content (AvgIpc) is 3.30. The monoisotopic (exact) mass is 386 g/mol. The third-order valence-corrected chi connectivity index (χ3v) is 6.04. The minimum atomic E-state index is -3.40. The van der Waals surface area contributed by atoms with Gasteiger partial charge < -0.3 is 5.32 Å². The van der Waals surface area contributed by atoms with Gasteiger partial charge in [-0.3, -0.25) is 0 Å². The Kier molecular flexibility index (Phi) is 5.15. The molecule has 1 aromatic carbocycles. The van der Waals surface area contributed by atoms with Crippen LogP contribution in [0.3, 0.4) is 0 Å². The summed E-state index contributed by atoms with van der Waals surface area (Å²) in [6.45, 7) is 2.51. The van der Waals surface area contributed by atoms with Crippen molar-refractivity contribution in [2.45, 2.75) is 24.6 Å². The van der Waals surface area contributed by atoms with Crippen LogP contribution in [0.1, 0.15) is 23.6 Å². The predicted octanol–water partition coefficient (Wildman–Crippen LogP) is 1.02.